The molecule has 1 aliphatic rings. The van der Waals surface area contributed by atoms with Crippen LogP contribution in [0.15, 0.2) is 30.5 Å². The van der Waals surface area contributed by atoms with Gasteiger partial charge < -0.3 is 20.5 Å². The number of primary amides is 1. The van der Waals surface area contributed by atoms with Gasteiger partial charge in [-0.25, -0.2) is 4.39 Å². The first-order valence-corrected chi connectivity index (χ1v) is 10.6. The highest BCUT2D eigenvalue weighted by Crippen LogP contribution is 2.51. The molecule has 2 amide bonds. The van der Waals surface area contributed by atoms with Crippen LogP contribution in [0.25, 0.3) is 0 Å². The van der Waals surface area contributed by atoms with Crippen molar-refractivity contribution < 1.29 is 45.8 Å². The van der Waals surface area contributed by atoms with E-state index in [9.17, 15) is 36.3 Å². The molecule has 4 atom stereocenters. The lowest BCUT2D eigenvalue weighted by Crippen LogP contribution is -2.47. The van der Waals surface area contributed by atoms with Gasteiger partial charge in [0, 0.05) is 17.8 Å². The molecular formula is C23H22F5N3O5. The number of carbonyl (C=O) groups excluding carboxylic acids is 3. The molecule has 3 rings (SSSR count). The van der Waals surface area contributed by atoms with E-state index in [1.807, 2.05) is 0 Å². The smallest absolute Gasteiger partial charge is 0.417 e. The lowest BCUT2D eigenvalue weighted by Gasteiger charge is -2.31. The van der Waals surface area contributed by atoms with Gasteiger partial charge in [-0.1, -0.05) is 13.0 Å². The summed E-state index contributed by atoms with van der Waals surface area (Å²) in [6.45, 7) is 2.05. The van der Waals surface area contributed by atoms with Gasteiger partial charge in [-0.3, -0.25) is 19.4 Å². The molecule has 3 N–H and O–H groups in total. The third-order valence-corrected chi connectivity index (χ3v) is 6.37. The molecule has 8 nitrogen and oxygen atoms in total. The molecule has 1 aromatic heterocycles. The van der Waals surface area contributed by atoms with Crippen molar-refractivity contribution in [1.29, 1.82) is 0 Å². The second kappa shape index (κ2) is 9.80. The Labute approximate surface area is 202 Å². The molecule has 0 spiro atoms. The molecule has 13 heteroatoms. The van der Waals surface area contributed by atoms with Crippen LogP contribution in [0.3, 0.4) is 0 Å². The van der Waals surface area contributed by atoms with Gasteiger partial charge in [0.2, 0.25) is 5.82 Å². The van der Waals surface area contributed by atoms with E-state index < -0.39 is 64.7 Å². The molecule has 0 saturated carbocycles. The number of Topliss-reactive ketones (excluding diaryl/α,β-unsaturated/α-hetero) is 1. The van der Waals surface area contributed by atoms with Gasteiger partial charge in [0.25, 0.3) is 17.6 Å². The van der Waals surface area contributed by atoms with Crippen molar-refractivity contribution in [3.05, 3.63) is 53.4 Å². The maximum atomic E-state index is 14.2. The molecule has 0 aliphatic carbocycles. The van der Waals surface area contributed by atoms with Crippen LogP contribution in [0, 0.1) is 23.5 Å². The molecule has 1 saturated heterocycles. The minimum absolute atomic E-state index is 0.0410. The van der Waals surface area contributed by atoms with Crippen molar-refractivity contribution >= 4 is 23.3 Å². The molecule has 2 aromatic rings. The van der Waals surface area contributed by atoms with Crippen LogP contribution < -0.4 is 15.8 Å². The summed E-state index contributed by atoms with van der Waals surface area (Å²) in [5.41, 5.74) is 1.80. The van der Waals surface area contributed by atoms with Crippen molar-refractivity contribution in [2.75, 3.05) is 12.4 Å². The molecule has 0 unspecified atom stereocenters. The molecule has 0 radical (unpaired) electrons. The third-order valence-electron chi connectivity index (χ3n) is 6.37. The summed E-state index contributed by atoms with van der Waals surface area (Å²) >= 11 is 0. The highest BCUT2D eigenvalue weighted by atomic mass is 19.4. The number of rotatable bonds is 7. The monoisotopic (exact) mass is 515 g/mol. The van der Waals surface area contributed by atoms with Crippen molar-refractivity contribution in [3.63, 3.8) is 0 Å². The Bertz CT molecular complexity index is 1210. The highest BCUT2D eigenvalue weighted by Gasteiger charge is 2.65. The summed E-state index contributed by atoms with van der Waals surface area (Å²) < 4.78 is 80.0. The lowest BCUT2D eigenvalue weighted by atomic mass is 9.77. The number of hydrogen-bond acceptors (Lipinski definition) is 6. The first-order valence-electron chi connectivity index (χ1n) is 10.6. The number of anilines is 1. The molecule has 0 bridgehead atoms. The lowest BCUT2D eigenvalue weighted by molar-refractivity contribution is -0.272. The average Bonchev–Trinajstić information content (AvgIpc) is 3.07. The van der Waals surface area contributed by atoms with Gasteiger partial charge in [0.05, 0.1) is 7.11 Å². The standard InChI is InChI=1S/C23H22F5N3O5/c1-10-13(8-11-4-5-14(24)16(25)18(11)35-3)19(36-22(10,2)23(26,27)28)21(34)31-12-6-7-30-15(9-12)17(32)20(29)33/h4-7,9-10,13,19H,8H2,1-3H3,(H2,29,33)(H,30,31,34)/t10-,13-,19+,22+/m0/s1. The zero-order chi connectivity index (χ0) is 27.0. The van der Waals surface area contributed by atoms with Crippen LogP contribution >= 0.6 is 0 Å². The Balaban J connectivity index is 1.97. The molecule has 36 heavy (non-hydrogen) atoms. The van der Waals surface area contributed by atoms with E-state index in [0.29, 0.717) is 0 Å². The zero-order valence-electron chi connectivity index (χ0n) is 19.3. The second-order valence-corrected chi connectivity index (χ2v) is 8.47. The molecule has 194 valence electrons. The van der Waals surface area contributed by atoms with E-state index in [0.717, 1.165) is 38.4 Å². The van der Waals surface area contributed by atoms with Crippen LogP contribution in [-0.2, 0) is 20.7 Å². The van der Waals surface area contributed by atoms with Crippen molar-refractivity contribution in [2.24, 2.45) is 17.6 Å². The Hall–Kier alpha value is -3.61. The number of benzene rings is 1. The minimum atomic E-state index is -4.87. The van der Waals surface area contributed by atoms with Crippen LogP contribution in [0.1, 0.15) is 29.9 Å². The number of pyridine rings is 1. The Morgan fingerprint density at radius 3 is 2.47 bits per heavy atom. The van der Waals surface area contributed by atoms with Crippen LogP contribution in [0.5, 0.6) is 5.75 Å². The number of halogens is 5. The van der Waals surface area contributed by atoms with Crippen LogP contribution in [0.2, 0.25) is 0 Å². The summed E-state index contributed by atoms with van der Waals surface area (Å²) in [4.78, 5) is 39.7. The Morgan fingerprint density at radius 1 is 1.22 bits per heavy atom. The van der Waals surface area contributed by atoms with Gasteiger partial charge >= 0.3 is 6.18 Å². The number of aromatic nitrogens is 1. The first kappa shape index (κ1) is 27.0. The molecule has 1 fully saturated rings. The van der Waals surface area contributed by atoms with Crippen molar-refractivity contribution in [1.82, 2.24) is 4.98 Å². The van der Waals surface area contributed by atoms with Gasteiger partial charge in [0.1, 0.15) is 11.8 Å². The molecular weight excluding hydrogens is 493 g/mol. The SMILES string of the molecule is COc1c(C[C@@H]2[C@H](C(=O)Nc3ccnc(C(=O)C(N)=O)c3)O[C@@](C)(C(F)(F)F)[C@H]2C)ccc(F)c1F. The third kappa shape index (κ3) is 4.87. The van der Waals surface area contributed by atoms with Crippen molar-refractivity contribution in [3.8, 4) is 5.75 Å². The number of nitrogens with one attached hydrogen (secondary N) is 1. The summed E-state index contributed by atoms with van der Waals surface area (Å²) in [5, 5.41) is 2.35. The Kier molecular flexibility index (Phi) is 7.35. The summed E-state index contributed by atoms with van der Waals surface area (Å²) in [7, 11) is 1.08. The normalized spacial score (nSPS) is 23.8. The van der Waals surface area contributed by atoms with E-state index in [2.05, 4.69) is 10.3 Å². The number of nitrogens with two attached hydrogens (primary N) is 1. The van der Waals surface area contributed by atoms with Gasteiger partial charge in [-0.15, -0.1) is 0 Å². The molecule has 2 heterocycles. The number of methoxy groups -OCH3 is 1. The maximum absolute atomic E-state index is 14.2. The van der Waals surface area contributed by atoms with Gasteiger partial charge in [-0.2, -0.15) is 17.6 Å². The number of nitrogens with zero attached hydrogens (tertiary/aromatic N) is 1. The molecule has 1 aliphatic heterocycles. The predicted molar refractivity (Wildman–Crippen MR) is 115 cm³/mol. The van der Waals surface area contributed by atoms with Crippen LogP contribution in [0.4, 0.5) is 27.6 Å². The fraction of sp³-hybridized carbons (Fsp3) is 0.391. The minimum Gasteiger partial charge on any atom is -0.493 e. The quantitative estimate of drug-likeness (QED) is 0.332. The van der Waals surface area contributed by atoms with E-state index in [1.165, 1.54) is 13.0 Å². The van der Waals surface area contributed by atoms with E-state index in [1.54, 1.807) is 0 Å². The van der Waals surface area contributed by atoms with E-state index in [4.69, 9.17) is 15.2 Å². The predicted octanol–water partition coefficient (Wildman–Crippen LogP) is 3.19. The van der Waals surface area contributed by atoms with Crippen molar-refractivity contribution in [2.45, 2.75) is 38.1 Å². The number of carbonyl (C=O) groups is 3. The van der Waals surface area contributed by atoms with E-state index >= 15 is 0 Å². The van der Waals surface area contributed by atoms with E-state index in [-0.39, 0.29) is 23.4 Å². The summed E-state index contributed by atoms with van der Waals surface area (Å²) in [6, 6.07) is 4.23. The topological polar surface area (TPSA) is 121 Å². The van der Waals surface area contributed by atoms with Gasteiger partial charge in [0.15, 0.2) is 17.2 Å². The zero-order valence-corrected chi connectivity index (χ0v) is 19.3. The highest BCUT2D eigenvalue weighted by molar-refractivity contribution is 6.41. The number of amides is 2. The summed E-state index contributed by atoms with van der Waals surface area (Å²) in [6.07, 6.45) is -5.77. The number of hydrogen-bond donors (Lipinski definition) is 2. The fourth-order valence-corrected chi connectivity index (χ4v) is 4.17. The number of alkyl halides is 3. The first-order chi connectivity index (χ1) is 16.7. The van der Waals surface area contributed by atoms with Crippen LogP contribution in [-0.4, -0.2) is 47.6 Å². The fourth-order valence-electron chi connectivity index (χ4n) is 4.17. The molecule has 1 aromatic carbocycles. The average molecular weight is 515 g/mol. The Morgan fingerprint density at radius 2 is 1.89 bits per heavy atom. The number of ketones is 1. The summed E-state index contributed by atoms with van der Waals surface area (Å²) in [5.74, 6) is -8.88. The maximum Gasteiger partial charge on any atom is 0.417 e. The second-order valence-electron chi connectivity index (χ2n) is 8.47. The van der Waals surface area contributed by atoms with Gasteiger partial charge in [-0.05, 0) is 43.0 Å². The number of ether oxygens (including phenoxy) is 2. The largest absolute Gasteiger partial charge is 0.493 e.